The number of rotatable bonds is 7. The number of ketones is 1. The van der Waals surface area contributed by atoms with E-state index in [4.69, 9.17) is 14.6 Å². The zero-order valence-corrected chi connectivity index (χ0v) is 15.3. The third kappa shape index (κ3) is 4.15. The predicted molar refractivity (Wildman–Crippen MR) is 103 cm³/mol. The number of carbonyl (C=O) groups is 2. The van der Waals surface area contributed by atoms with Crippen LogP contribution in [-0.2, 0) is 4.74 Å². The Bertz CT molecular complexity index is 921. The van der Waals surface area contributed by atoms with Crippen LogP contribution in [0.2, 0.25) is 0 Å². The van der Waals surface area contributed by atoms with Gasteiger partial charge in [0.1, 0.15) is 17.1 Å². The van der Waals surface area contributed by atoms with E-state index in [9.17, 15) is 14.7 Å². The molecular formula is C21H21NO6. The van der Waals surface area contributed by atoms with Gasteiger partial charge in [-0.25, -0.2) is 4.79 Å². The number of carboxylic acid groups (broad SMARTS) is 1. The van der Waals surface area contributed by atoms with Crippen molar-refractivity contribution in [3.8, 4) is 11.5 Å². The van der Waals surface area contributed by atoms with Gasteiger partial charge in [0.25, 0.3) is 0 Å². The fourth-order valence-corrected chi connectivity index (χ4v) is 2.75. The van der Waals surface area contributed by atoms with Gasteiger partial charge in [-0.1, -0.05) is 25.5 Å². The molecule has 0 amide bonds. The number of carbonyl (C=O) groups excluding carboxylic acids is 1. The van der Waals surface area contributed by atoms with Gasteiger partial charge in [0.15, 0.2) is 5.78 Å². The van der Waals surface area contributed by atoms with E-state index >= 15 is 0 Å². The number of aromatic hydroxyl groups is 1. The Morgan fingerprint density at radius 3 is 2.82 bits per heavy atom. The van der Waals surface area contributed by atoms with E-state index in [2.05, 4.69) is 5.32 Å². The number of hydrogen-bond acceptors (Lipinski definition) is 6. The van der Waals surface area contributed by atoms with Crippen LogP contribution in [0.25, 0.3) is 0 Å². The maximum atomic E-state index is 12.9. The molecule has 0 saturated heterocycles. The van der Waals surface area contributed by atoms with E-state index in [0.717, 1.165) is 12.8 Å². The normalized spacial score (nSPS) is 17.1. The maximum Gasteiger partial charge on any atom is 0.339 e. The molecular weight excluding hydrogens is 362 g/mol. The Morgan fingerprint density at radius 2 is 2.07 bits per heavy atom. The van der Waals surface area contributed by atoms with Crippen LogP contribution >= 0.6 is 0 Å². The van der Waals surface area contributed by atoms with Gasteiger partial charge in [0, 0.05) is 11.9 Å². The van der Waals surface area contributed by atoms with E-state index in [1.54, 1.807) is 24.3 Å². The topological polar surface area (TPSA) is 105 Å². The van der Waals surface area contributed by atoms with Crippen molar-refractivity contribution in [3.63, 3.8) is 0 Å². The van der Waals surface area contributed by atoms with Crippen molar-refractivity contribution < 1.29 is 29.3 Å². The second kappa shape index (κ2) is 8.58. The van der Waals surface area contributed by atoms with Crippen LogP contribution in [0.4, 0.5) is 5.69 Å². The summed E-state index contributed by atoms with van der Waals surface area (Å²) < 4.78 is 11.6. The molecule has 7 heteroatoms. The van der Waals surface area contributed by atoms with Gasteiger partial charge in [-0.15, -0.1) is 0 Å². The van der Waals surface area contributed by atoms with Crippen molar-refractivity contribution in [3.05, 3.63) is 65.4 Å². The van der Waals surface area contributed by atoms with Crippen LogP contribution in [0.5, 0.6) is 11.5 Å². The summed E-state index contributed by atoms with van der Waals surface area (Å²) in [6.45, 7) is 2.48. The number of hydrogen-bond donors (Lipinski definition) is 3. The number of fused-ring (bicyclic) bond motifs is 1. The van der Waals surface area contributed by atoms with Crippen molar-refractivity contribution in [2.24, 2.45) is 0 Å². The minimum atomic E-state index is -1.25. The molecule has 3 N–H and O–H groups in total. The summed E-state index contributed by atoms with van der Waals surface area (Å²) in [7, 11) is 0. The SMILES string of the molecule is CCCCO[C@@H]1Oc2ccccc2C(=O)/C1=C/Nc1ccc(O)c(C(=O)O)c1. The number of ether oxygens (including phenoxy) is 2. The molecule has 1 aliphatic heterocycles. The van der Waals surface area contributed by atoms with Gasteiger partial charge < -0.3 is 25.0 Å². The van der Waals surface area contributed by atoms with Crippen molar-refractivity contribution in [2.75, 3.05) is 11.9 Å². The monoisotopic (exact) mass is 383 g/mol. The Labute approximate surface area is 162 Å². The summed E-state index contributed by atoms with van der Waals surface area (Å²) in [5, 5.41) is 21.6. The highest BCUT2D eigenvalue weighted by molar-refractivity contribution is 6.12. The summed E-state index contributed by atoms with van der Waals surface area (Å²) in [5.74, 6) is -1.35. The first-order chi connectivity index (χ1) is 13.5. The van der Waals surface area contributed by atoms with Crippen molar-refractivity contribution in [1.29, 1.82) is 0 Å². The third-order valence-corrected chi connectivity index (χ3v) is 4.27. The molecule has 28 heavy (non-hydrogen) atoms. The maximum absolute atomic E-state index is 12.9. The Balaban J connectivity index is 1.88. The lowest BCUT2D eigenvalue weighted by Crippen LogP contribution is -2.33. The molecule has 0 saturated carbocycles. The van der Waals surface area contributed by atoms with E-state index in [0.29, 0.717) is 23.6 Å². The molecule has 1 atom stereocenters. The molecule has 2 aromatic carbocycles. The first-order valence-electron chi connectivity index (χ1n) is 8.96. The predicted octanol–water partition coefficient (Wildman–Crippen LogP) is 3.80. The van der Waals surface area contributed by atoms with Crippen molar-refractivity contribution in [1.82, 2.24) is 0 Å². The van der Waals surface area contributed by atoms with Gasteiger partial charge in [-0.05, 0) is 36.8 Å². The van der Waals surface area contributed by atoms with Crippen LogP contribution in [-0.4, -0.2) is 34.9 Å². The summed E-state index contributed by atoms with van der Waals surface area (Å²) in [4.78, 5) is 24.1. The van der Waals surface area contributed by atoms with Crippen LogP contribution in [0, 0.1) is 0 Å². The number of phenols is 1. The zero-order chi connectivity index (χ0) is 20.1. The van der Waals surface area contributed by atoms with E-state index in [-0.39, 0.29) is 22.7 Å². The van der Waals surface area contributed by atoms with E-state index in [1.807, 2.05) is 6.92 Å². The molecule has 2 aromatic rings. The second-order valence-corrected chi connectivity index (χ2v) is 6.28. The lowest BCUT2D eigenvalue weighted by atomic mass is 10.00. The highest BCUT2D eigenvalue weighted by Crippen LogP contribution is 2.31. The second-order valence-electron chi connectivity index (χ2n) is 6.28. The number of benzene rings is 2. The molecule has 0 aliphatic carbocycles. The van der Waals surface area contributed by atoms with Gasteiger partial charge in [-0.3, -0.25) is 4.79 Å². The molecule has 146 valence electrons. The fourth-order valence-electron chi connectivity index (χ4n) is 2.75. The molecule has 0 aromatic heterocycles. The standard InChI is InChI=1S/C21H21NO6/c1-2-3-10-27-21-16(19(24)14-6-4-5-7-18(14)28-21)12-22-13-8-9-17(23)15(11-13)20(25)26/h4-9,11-12,21-23H,2-3,10H2,1H3,(H,25,26)/b16-12-/t21-/m1/s1. The molecule has 1 heterocycles. The van der Waals surface area contributed by atoms with E-state index < -0.39 is 12.3 Å². The number of nitrogens with one attached hydrogen (secondary N) is 1. The zero-order valence-electron chi connectivity index (χ0n) is 15.3. The van der Waals surface area contributed by atoms with Crippen LogP contribution in [0.15, 0.2) is 54.2 Å². The first-order valence-corrected chi connectivity index (χ1v) is 8.96. The molecule has 0 spiro atoms. The van der Waals surface area contributed by atoms with Crippen molar-refractivity contribution >= 4 is 17.4 Å². The summed E-state index contributed by atoms with van der Waals surface area (Å²) >= 11 is 0. The minimum absolute atomic E-state index is 0.229. The number of Topliss-reactive ketones (excluding diaryl/α,β-unsaturated/α-hetero) is 1. The number of carboxylic acids is 1. The highest BCUT2D eigenvalue weighted by atomic mass is 16.7. The van der Waals surface area contributed by atoms with Crippen LogP contribution < -0.4 is 10.1 Å². The number of aromatic carboxylic acids is 1. The van der Waals surface area contributed by atoms with Crippen molar-refractivity contribution in [2.45, 2.75) is 26.1 Å². The Kier molecular flexibility index (Phi) is 5.96. The largest absolute Gasteiger partial charge is 0.507 e. The fraction of sp³-hybridized carbons (Fsp3) is 0.238. The number of unbranched alkanes of at least 4 members (excludes halogenated alkanes) is 1. The number of para-hydroxylation sites is 1. The quantitative estimate of drug-likeness (QED) is 0.379. The highest BCUT2D eigenvalue weighted by Gasteiger charge is 2.32. The lowest BCUT2D eigenvalue weighted by molar-refractivity contribution is -0.0570. The Hall–Kier alpha value is -3.32. The van der Waals surface area contributed by atoms with Crippen LogP contribution in [0.3, 0.4) is 0 Å². The summed E-state index contributed by atoms with van der Waals surface area (Å²) in [6.07, 6.45) is 2.36. The molecule has 1 aliphatic rings. The minimum Gasteiger partial charge on any atom is -0.507 e. The first kappa shape index (κ1) is 19.4. The molecule has 0 fully saturated rings. The van der Waals surface area contributed by atoms with E-state index in [1.165, 1.54) is 24.4 Å². The number of anilines is 1. The lowest BCUT2D eigenvalue weighted by Gasteiger charge is -2.27. The van der Waals surface area contributed by atoms with Gasteiger partial charge in [-0.2, -0.15) is 0 Å². The molecule has 0 bridgehead atoms. The summed E-state index contributed by atoms with van der Waals surface area (Å²) in [6, 6.07) is 11.0. The molecule has 3 rings (SSSR count). The van der Waals surface area contributed by atoms with Gasteiger partial charge >= 0.3 is 5.97 Å². The molecule has 7 nitrogen and oxygen atoms in total. The smallest absolute Gasteiger partial charge is 0.339 e. The Morgan fingerprint density at radius 1 is 1.29 bits per heavy atom. The molecule has 0 radical (unpaired) electrons. The van der Waals surface area contributed by atoms with Gasteiger partial charge in [0.2, 0.25) is 6.29 Å². The molecule has 0 unspecified atom stereocenters. The van der Waals surface area contributed by atoms with Gasteiger partial charge in [0.05, 0.1) is 17.7 Å². The average molecular weight is 383 g/mol. The van der Waals surface area contributed by atoms with Crippen LogP contribution in [0.1, 0.15) is 40.5 Å². The third-order valence-electron chi connectivity index (χ3n) is 4.27. The average Bonchev–Trinajstić information content (AvgIpc) is 2.68. The summed E-state index contributed by atoms with van der Waals surface area (Å²) in [5.41, 5.74) is 0.875.